The number of halogens is 1. The summed E-state index contributed by atoms with van der Waals surface area (Å²) in [6.07, 6.45) is 8.00. The molecule has 1 aromatic carbocycles. The summed E-state index contributed by atoms with van der Waals surface area (Å²) in [4.78, 5) is 11.3. The summed E-state index contributed by atoms with van der Waals surface area (Å²) >= 11 is 0. The Hall–Kier alpha value is -1.78. The van der Waals surface area contributed by atoms with Crippen molar-refractivity contribution in [2.45, 2.75) is 51.0 Å². The van der Waals surface area contributed by atoms with Crippen molar-refractivity contribution in [3.05, 3.63) is 23.5 Å². The number of nitrogen functional groups attached to an aromatic ring is 1. The molecule has 1 aliphatic carbocycles. The zero-order valence-corrected chi connectivity index (χ0v) is 11.5. The quantitative estimate of drug-likeness (QED) is 0.739. The molecule has 0 unspecified atom stereocenters. The molecule has 0 amide bonds. The third kappa shape index (κ3) is 3.40. The molecule has 0 bridgehead atoms. The van der Waals surface area contributed by atoms with Gasteiger partial charge < -0.3 is 16.2 Å². The number of carbonyl (C=O) groups is 1. The van der Waals surface area contributed by atoms with Crippen LogP contribution < -0.4 is 11.1 Å². The maximum Gasteiger partial charge on any atom is 0.340 e. The van der Waals surface area contributed by atoms with Crippen LogP contribution in [0.4, 0.5) is 15.8 Å². The van der Waals surface area contributed by atoms with E-state index in [1.165, 1.54) is 31.4 Å². The summed E-state index contributed by atoms with van der Waals surface area (Å²) in [5.41, 5.74) is 5.51. The van der Waals surface area contributed by atoms with Crippen molar-refractivity contribution in [2.75, 3.05) is 11.1 Å². The monoisotopic (exact) mass is 280 g/mol. The molecule has 1 saturated carbocycles. The molecule has 2 rings (SSSR count). The highest BCUT2D eigenvalue weighted by Gasteiger charge is 2.20. The molecule has 20 heavy (non-hydrogen) atoms. The molecular formula is C15H21FN2O2. The molecule has 5 heteroatoms. The lowest BCUT2D eigenvalue weighted by Gasteiger charge is -2.23. The highest BCUT2D eigenvalue weighted by Crippen LogP contribution is 2.28. The number of hydrogen-bond acceptors (Lipinski definition) is 3. The van der Waals surface area contributed by atoms with Crippen LogP contribution in [0.25, 0.3) is 0 Å². The van der Waals surface area contributed by atoms with Crippen molar-refractivity contribution < 1.29 is 14.3 Å². The first-order chi connectivity index (χ1) is 9.59. The van der Waals surface area contributed by atoms with Gasteiger partial charge in [0.15, 0.2) is 0 Å². The number of benzene rings is 1. The van der Waals surface area contributed by atoms with Crippen LogP contribution in [0, 0.1) is 5.82 Å². The van der Waals surface area contributed by atoms with Crippen molar-refractivity contribution >= 4 is 17.3 Å². The number of nitrogens with two attached hydrogens (primary N) is 1. The summed E-state index contributed by atoms with van der Waals surface area (Å²) < 4.78 is 13.4. The van der Waals surface area contributed by atoms with E-state index < -0.39 is 11.8 Å². The molecule has 1 aromatic rings. The van der Waals surface area contributed by atoms with Gasteiger partial charge in [0.2, 0.25) is 0 Å². The molecule has 0 aliphatic heterocycles. The highest BCUT2D eigenvalue weighted by molar-refractivity contribution is 6.00. The number of hydrogen-bond donors (Lipinski definition) is 3. The molecule has 1 aliphatic rings. The minimum Gasteiger partial charge on any atom is -0.478 e. The van der Waals surface area contributed by atoms with Gasteiger partial charge in [0.05, 0.1) is 11.4 Å². The van der Waals surface area contributed by atoms with Crippen LogP contribution in [0.5, 0.6) is 0 Å². The number of aromatic carboxylic acids is 1. The smallest absolute Gasteiger partial charge is 0.340 e. The van der Waals surface area contributed by atoms with E-state index in [0.717, 1.165) is 25.7 Å². The average Bonchev–Trinajstić information content (AvgIpc) is 2.36. The minimum atomic E-state index is -1.20. The lowest BCUT2D eigenvalue weighted by Crippen LogP contribution is -2.22. The molecule has 0 aromatic heterocycles. The molecule has 110 valence electrons. The van der Waals surface area contributed by atoms with Gasteiger partial charge in [-0.15, -0.1) is 0 Å². The number of anilines is 2. The van der Waals surface area contributed by atoms with E-state index in [1.807, 2.05) is 0 Å². The van der Waals surface area contributed by atoms with E-state index in [1.54, 1.807) is 0 Å². The maximum absolute atomic E-state index is 13.4. The van der Waals surface area contributed by atoms with Gasteiger partial charge in [0, 0.05) is 6.04 Å². The second-order valence-corrected chi connectivity index (χ2v) is 5.38. The van der Waals surface area contributed by atoms with Crippen molar-refractivity contribution in [1.82, 2.24) is 0 Å². The summed E-state index contributed by atoms with van der Waals surface area (Å²) in [5.74, 6) is -1.89. The Kier molecular flexibility index (Phi) is 4.82. The molecule has 4 N–H and O–H groups in total. The minimum absolute atomic E-state index is 0.160. The maximum atomic E-state index is 13.4. The second-order valence-electron chi connectivity index (χ2n) is 5.38. The Morgan fingerprint density at radius 1 is 1.20 bits per heavy atom. The van der Waals surface area contributed by atoms with E-state index in [9.17, 15) is 14.3 Å². The second kappa shape index (κ2) is 6.59. The topological polar surface area (TPSA) is 75.3 Å². The van der Waals surface area contributed by atoms with Crippen LogP contribution in [0.1, 0.15) is 55.3 Å². The third-order valence-electron chi connectivity index (χ3n) is 3.87. The van der Waals surface area contributed by atoms with Gasteiger partial charge in [0.25, 0.3) is 0 Å². The largest absolute Gasteiger partial charge is 0.478 e. The lowest BCUT2D eigenvalue weighted by atomic mass is 9.96. The van der Waals surface area contributed by atoms with Gasteiger partial charge in [-0.1, -0.05) is 32.1 Å². The predicted molar refractivity (Wildman–Crippen MR) is 77.5 cm³/mol. The molecule has 1 fully saturated rings. The first kappa shape index (κ1) is 14.6. The molecule has 0 saturated heterocycles. The van der Waals surface area contributed by atoms with E-state index in [2.05, 4.69) is 5.32 Å². The Balaban J connectivity index is 2.19. The molecule has 4 nitrogen and oxygen atoms in total. The number of carboxylic acids is 1. The van der Waals surface area contributed by atoms with E-state index in [0.29, 0.717) is 5.69 Å². The van der Waals surface area contributed by atoms with Crippen LogP contribution in [0.2, 0.25) is 0 Å². The Labute approximate surface area is 118 Å². The predicted octanol–water partition coefficient (Wildman–Crippen LogP) is 3.63. The third-order valence-corrected chi connectivity index (χ3v) is 3.87. The Bertz CT molecular complexity index is 483. The summed E-state index contributed by atoms with van der Waals surface area (Å²) in [7, 11) is 0. The zero-order valence-electron chi connectivity index (χ0n) is 11.5. The summed E-state index contributed by atoms with van der Waals surface area (Å²) in [6.45, 7) is 0. The van der Waals surface area contributed by atoms with Gasteiger partial charge in [-0.3, -0.25) is 0 Å². The summed E-state index contributed by atoms with van der Waals surface area (Å²) in [6, 6.07) is 2.92. The normalized spacial score (nSPS) is 17.2. The number of nitrogens with one attached hydrogen (secondary N) is 1. The Morgan fingerprint density at radius 2 is 1.80 bits per heavy atom. The fourth-order valence-electron chi connectivity index (χ4n) is 2.77. The first-order valence-corrected chi connectivity index (χ1v) is 7.17. The van der Waals surface area contributed by atoms with E-state index in [4.69, 9.17) is 5.73 Å². The van der Waals surface area contributed by atoms with Crippen LogP contribution in [0.3, 0.4) is 0 Å². The van der Waals surface area contributed by atoms with E-state index in [-0.39, 0.29) is 17.3 Å². The molecule has 0 heterocycles. The van der Waals surface area contributed by atoms with Crippen LogP contribution >= 0.6 is 0 Å². The van der Waals surface area contributed by atoms with Crippen molar-refractivity contribution in [2.24, 2.45) is 0 Å². The fourth-order valence-corrected chi connectivity index (χ4v) is 2.77. The number of rotatable bonds is 3. The molecule has 0 spiro atoms. The van der Waals surface area contributed by atoms with E-state index >= 15 is 0 Å². The van der Waals surface area contributed by atoms with Gasteiger partial charge in [-0.25, -0.2) is 9.18 Å². The summed E-state index contributed by atoms with van der Waals surface area (Å²) in [5, 5.41) is 12.5. The van der Waals surface area contributed by atoms with Crippen LogP contribution in [0.15, 0.2) is 12.1 Å². The molecule has 0 atom stereocenters. The molecular weight excluding hydrogens is 259 g/mol. The Morgan fingerprint density at radius 3 is 2.40 bits per heavy atom. The van der Waals surface area contributed by atoms with Gasteiger partial charge in [0.1, 0.15) is 11.4 Å². The standard InChI is InChI=1S/C15H21FN2O2/c16-11-8-9-12(13(14(11)17)15(19)20)18-10-6-4-2-1-3-5-7-10/h8-10,18H,1-7,17H2,(H,19,20). The molecule has 0 radical (unpaired) electrons. The van der Waals surface area contributed by atoms with Crippen molar-refractivity contribution in [3.63, 3.8) is 0 Å². The first-order valence-electron chi connectivity index (χ1n) is 7.17. The zero-order chi connectivity index (χ0) is 14.5. The van der Waals surface area contributed by atoms with Gasteiger partial charge in [-0.05, 0) is 25.0 Å². The van der Waals surface area contributed by atoms with Crippen molar-refractivity contribution in [1.29, 1.82) is 0 Å². The SMILES string of the molecule is Nc1c(F)ccc(NC2CCCCCCC2)c1C(=O)O. The van der Waals surface area contributed by atoms with Crippen molar-refractivity contribution in [3.8, 4) is 0 Å². The lowest BCUT2D eigenvalue weighted by molar-refractivity contribution is 0.0698. The average molecular weight is 280 g/mol. The van der Waals surface area contributed by atoms with Gasteiger partial charge in [-0.2, -0.15) is 0 Å². The fraction of sp³-hybridized carbons (Fsp3) is 0.533. The van der Waals surface area contributed by atoms with Crippen LogP contribution in [-0.2, 0) is 0 Å². The number of carboxylic acid groups (broad SMARTS) is 1. The van der Waals surface area contributed by atoms with Gasteiger partial charge >= 0.3 is 5.97 Å². The van der Waals surface area contributed by atoms with Crippen LogP contribution in [-0.4, -0.2) is 17.1 Å². The highest BCUT2D eigenvalue weighted by atomic mass is 19.1.